The van der Waals surface area contributed by atoms with E-state index in [1.165, 1.54) is 57.3 Å². The van der Waals surface area contributed by atoms with Crippen molar-refractivity contribution in [3.05, 3.63) is 35.4 Å². The molecule has 128 valence electrons. The molecule has 0 unspecified atom stereocenters. The Kier molecular flexibility index (Phi) is 5.65. The van der Waals surface area contributed by atoms with Crippen LogP contribution in [-0.2, 0) is 6.42 Å². The maximum Gasteiger partial charge on any atom is 0.126 e. The van der Waals surface area contributed by atoms with Crippen LogP contribution in [0.1, 0.15) is 50.5 Å². The lowest BCUT2D eigenvalue weighted by atomic mass is 9.79. The zero-order valence-corrected chi connectivity index (χ0v) is 13.8. The molecule has 23 heavy (non-hydrogen) atoms. The zero-order chi connectivity index (χ0) is 16.2. The standard InChI is InChI=1S/C19H28F2N2/c20-16-6-9-18(21)15(12-16)13-19(22)14-4-7-17(8-5-14)23-10-2-1-3-11-23/h6,9,12,14,17,19H,1-5,7-8,10-11,13,22H2/t14?,17?,19-/m1/s1. The number of rotatable bonds is 4. The second kappa shape index (κ2) is 7.71. The average Bonchev–Trinajstić information content (AvgIpc) is 2.59. The maximum absolute atomic E-state index is 13.8. The molecule has 2 N–H and O–H groups in total. The van der Waals surface area contributed by atoms with E-state index >= 15 is 0 Å². The summed E-state index contributed by atoms with van der Waals surface area (Å²) >= 11 is 0. The number of benzene rings is 1. The van der Waals surface area contributed by atoms with Crippen LogP contribution in [0.3, 0.4) is 0 Å². The molecule has 1 aromatic rings. The molecule has 1 aliphatic heterocycles. The lowest BCUT2D eigenvalue weighted by Gasteiger charge is -2.40. The van der Waals surface area contributed by atoms with E-state index in [4.69, 9.17) is 5.73 Å². The summed E-state index contributed by atoms with van der Waals surface area (Å²) < 4.78 is 27.1. The van der Waals surface area contributed by atoms with Gasteiger partial charge in [0.1, 0.15) is 11.6 Å². The van der Waals surface area contributed by atoms with Crippen molar-refractivity contribution >= 4 is 0 Å². The third-order valence-corrected chi connectivity index (χ3v) is 5.72. The van der Waals surface area contributed by atoms with E-state index in [9.17, 15) is 8.78 Å². The van der Waals surface area contributed by atoms with Gasteiger partial charge in [-0.1, -0.05) is 6.42 Å². The largest absolute Gasteiger partial charge is 0.327 e. The molecule has 2 aliphatic rings. The van der Waals surface area contributed by atoms with Crippen LogP contribution in [0, 0.1) is 17.6 Å². The van der Waals surface area contributed by atoms with Gasteiger partial charge in [-0.2, -0.15) is 0 Å². The molecular weight excluding hydrogens is 294 g/mol. The lowest BCUT2D eigenvalue weighted by Crippen LogP contribution is -2.44. The van der Waals surface area contributed by atoms with Crippen LogP contribution in [0.25, 0.3) is 0 Å². The number of nitrogens with two attached hydrogens (primary N) is 1. The highest BCUT2D eigenvalue weighted by molar-refractivity contribution is 5.20. The molecule has 4 heteroatoms. The second-order valence-corrected chi connectivity index (χ2v) is 7.27. The smallest absolute Gasteiger partial charge is 0.126 e. The first-order valence-corrected chi connectivity index (χ1v) is 9.07. The Bertz CT molecular complexity index is 506. The van der Waals surface area contributed by atoms with Gasteiger partial charge in [-0.15, -0.1) is 0 Å². The van der Waals surface area contributed by atoms with Gasteiger partial charge >= 0.3 is 0 Å². The number of hydrogen-bond acceptors (Lipinski definition) is 2. The number of piperidine rings is 1. The minimum absolute atomic E-state index is 0.0754. The molecule has 1 atom stereocenters. The van der Waals surface area contributed by atoms with E-state index in [2.05, 4.69) is 4.90 Å². The van der Waals surface area contributed by atoms with Gasteiger partial charge in [0.25, 0.3) is 0 Å². The van der Waals surface area contributed by atoms with Crippen molar-refractivity contribution in [3.8, 4) is 0 Å². The van der Waals surface area contributed by atoms with Crippen LogP contribution >= 0.6 is 0 Å². The monoisotopic (exact) mass is 322 g/mol. The first-order valence-electron chi connectivity index (χ1n) is 9.07. The van der Waals surface area contributed by atoms with Gasteiger partial charge in [0.15, 0.2) is 0 Å². The third kappa shape index (κ3) is 4.30. The Morgan fingerprint density at radius 3 is 2.43 bits per heavy atom. The fourth-order valence-corrected chi connectivity index (χ4v) is 4.30. The first-order chi connectivity index (χ1) is 11.1. The molecule has 1 heterocycles. The average molecular weight is 322 g/mol. The highest BCUT2D eigenvalue weighted by Gasteiger charge is 2.29. The molecule has 1 saturated carbocycles. The summed E-state index contributed by atoms with van der Waals surface area (Å²) in [7, 11) is 0. The predicted molar refractivity (Wildman–Crippen MR) is 89.2 cm³/mol. The van der Waals surface area contributed by atoms with E-state index < -0.39 is 0 Å². The van der Waals surface area contributed by atoms with Gasteiger partial charge < -0.3 is 10.6 Å². The van der Waals surface area contributed by atoms with E-state index in [0.29, 0.717) is 23.9 Å². The maximum atomic E-state index is 13.8. The Labute approximate surface area is 138 Å². The topological polar surface area (TPSA) is 29.3 Å². The fraction of sp³-hybridized carbons (Fsp3) is 0.684. The van der Waals surface area contributed by atoms with Crippen molar-refractivity contribution in [1.29, 1.82) is 0 Å². The van der Waals surface area contributed by atoms with Crippen LogP contribution in [-0.4, -0.2) is 30.1 Å². The van der Waals surface area contributed by atoms with Crippen molar-refractivity contribution in [2.75, 3.05) is 13.1 Å². The molecule has 1 aromatic carbocycles. The van der Waals surface area contributed by atoms with Crippen molar-refractivity contribution in [2.45, 2.75) is 63.5 Å². The zero-order valence-electron chi connectivity index (χ0n) is 13.8. The molecule has 2 nitrogen and oxygen atoms in total. The highest BCUT2D eigenvalue weighted by atomic mass is 19.1. The lowest BCUT2D eigenvalue weighted by molar-refractivity contribution is 0.109. The van der Waals surface area contributed by atoms with Gasteiger partial charge in [-0.25, -0.2) is 8.78 Å². The van der Waals surface area contributed by atoms with E-state index in [1.807, 2.05) is 0 Å². The van der Waals surface area contributed by atoms with Gasteiger partial charge in [0.2, 0.25) is 0 Å². The molecule has 0 bridgehead atoms. The molecule has 1 saturated heterocycles. The molecule has 2 fully saturated rings. The number of halogens is 2. The normalized spacial score (nSPS) is 27.8. The molecular formula is C19H28F2N2. The van der Waals surface area contributed by atoms with Gasteiger partial charge in [0, 0.05) is 12.1 Å². The summed E-state index contributed by atoms with van der Waals surface area (Å²) in [6.45, 7) is 2.49. The van der Waals surface area contributed by atoms with Crippen molar-refractivity contribution in [3.63, 3.8) is 0 Å². The minimum Gasteiger partial charge on any atom is -0.327 e. The van der Waals surface area contributed by atoms with Gasteiger partial charge in [-0.05, 0) is 87.7 Å². The summed E-state index contributed by atoms with van der Waals surface area (Å²) in [5.41, 5.74) is 6.73. The van der Waals surface area contributed by atoms with Crippen LogP contribution in [0.5, 0.6) is 0 Å². The predicted octanol–water partition coefficient (Wildman–Crippen LogP) is 3.88. The minimum atomic E-state index is -0.387. The van der Waals surface area contributed by atoms with Crippen LogP contribution in [0.4, 0.5) is 8.78 Å². The van der Waals surface area contributed by atoms with Crippen LogP contribution in [0.2, 0.25) is 0 Å². The molecule has 1 aliphatic carbocycles. The van der Waals surface area contributed by atoms with Crippen molar-refractivity contribution in [2.24, 2.45) is 11.7 Å². The number of hydrogen-bond donors (Lipinski definition) is 1. The van der Waals surface area contributed by atoms with Gasteiger partial charge in [0.05, 0.1) is 0 Å². The molecule has 0 amide bonds. The van der Waals surface area contributed by atoms with E-state index in [0.717, 1.165) is 18.9 Å². The second-order valence-electron chi connectivity index (χ2n) is 7.27. The van der Waals surface area contributed by atoms with E-state index in [-0.39, 0.29) is 17.7 Å². The van der Waals surface area contributed by atoms with Crippen molar-refractivity contribution in [1.82, 2.24) is 4.90 Å². The summed E-state index contributed by atoms with van der Waals surface area (Å²) in [6.07, 6.45) is 9.08. The third-order valence-electron chi connectivity index (χ3n) is 5.72. The fourth-order valence-electron chi connectivity index (χ4n) is 4.30. The summed E-state index contributed by atoms with van der Waals surface area (Å²) in [4.78, 5) is 2.65. The SMILES string of the molecule is N[C@H](Cc1cc(F)ccc1F)C1CCC(N2CCCCC2)CC1. The Balaban J connectivity index is 1.51. The van der Waals surface area contributed by atoms with Crippen molar-refractivity contribution < 1.29 is 8.78 Å². The summed E-state index contributed by atoms with van der Waals surface area (Å²) in [5, 5.41) is 0. The van der Waals surface area contributed by atoms with Crippen LogP contribution < -0.4 is 5.73 Å². The Hall–Kier alpha value is -1.00. The molecule has 0 spiro atoms. The first kappa shape index (κ1) is 16.8. The number of likely N-dealkylation sites (tertiary alicyclic amines) is 1. The number of nitrogens with zero attached hydrogens (tertiary/aromatic N) is 1. The highest BCUT2D eigenvalue weighted by Crippen LogP contribution is 2.31. The Morgan fingerprint density at radius 2 is 1.74 bits per heavy atom. The quantitative estimate of drug-likeness (QED) is 0.911. The molecule has 3 rings (SSSR count). The van der Waals surface area contributed by atoms with Crippen LogP contribution in [0.15, 0.2) is 18.2 Å². The van der Waals surface area contributed by atoms with Gasteiger partial charge in [-0.3, -0.25) is 0 Å². The van der Waals surface area contributed by atoms with E-state index in [1.54, 1.807) is 0 Å². The summed E-state index contributed by atoms with van der Waals surface area (Å²) in [5.74, 6) is -0.301. The molecule has 0 radical (unpaired) electrons. The summed E-state index contributed by atoms with van der Waals surface area (Å²) in [6, 6.07) is 4.28. The Morgan fingerprint density at radius 1 is 1.04 bits per heavy atom. The molecule has 0 aromatic heterocycles.